The lowest BCUT2D eigenvalue weighted by Crippen LogP contribution is -2.53. The number of thiazole rings is 1. The molecular weight excluding hydrogens is 330 g/mol. The Balaban J connectivity index is 1.34. The molecule has 4 fully saturated rings. The van der Waals surface area contributed by atoms with Crippen LogP contribution in [0.1, 0.15) is 63.1 Å². The Kier molecular flexibility index (Phi) is 4.89. The molecule has 0 radical (unpaired) electrons. The minimum atomic E-state index is -0.0456. The first-order valence-electron chi connectivity index (χ1n) is 10.0. The van der Waals surface area contributed by atoms with Crippen LogP contribution in [0.4, 0.5) is 0 Å². The first kappa shape index (κ1) is 17.5. The molecule has 4 saturated carbocycles. The topological polar surface area (TPSA) is 45.2 Å². The van der Waals surface area contributed by atoms with Gasteiger partial charge < -0.3 is 5.32 Å². The Labute approximate surface area is 155 Å². The molecule has 25 heavy (non-hydrogen) atoms. The summed E-state index contributed by atoms with van der Waals surface area (Å²) in [5.41, 5.74) is 1.09. The second-order valence-corrected chi connectivity index (χ2v) is 9.52. The van der Waals surface area contributed by atoms with Crippen LogP contribution in [0.15, 0.2) is 5.38 Å². The van der Waals surface area contributed by atoms with E-state index in [1.54, 1.807) is 11.3 Å². The highest BCUT2D eigenvalue weighted by Crippen LogP contribution is 2.60. The maximum atomic E-state index is 13.0. The predicted octanol–water partition coefficient (Wildman–Crippen LogP) is 3.82. The van der Waals surface area contributed by atoms with Gasteiger partial charge in [-0.1, -0.05) is 13.8 Å². The fraction of sp³-hybridized carbons (Fsp3) is 0.800. The third-order valence-corrected chi connectivity index (χ3v) is 7.70. The Morgan fingerprint density at radius 2 is 1.80 bits per heavy atom. The van der Waals surface area contributed by atoms with Gasteiger partial charge in [0, 0.05) is 17.3 Å². The van der Waals surface area contributed by atoms with E-state index in [4.69, 9.17) is 4.98 Å². The van der Waals surface area contributed by atoms with Crippen LogP contribution in [-0.2, 0) is 17.9 Å². The molecule has 1 heterocycles. The Bertz CT molecular complexity index is 587. The van der Waals surface area contributed by atoms with Crippen LogP contribution >= 0.6 is 11.3 Å². The van der Waals surface area contributed by atoms with Crippen molar-refractivity contribution in [2.75, 3.05) is 13.1 Å². The molecule has 5 rings (SSSR count). The summed E-state index contributed by atoms with van der Waals surface area (Å²) < 4.78 is 0. The number of carbonyl (C=O) groups excluding carboxylic acids is 1. The lowest BCUT2D eigenvalue weighted by molar-refractivity contribution is -0.146. The summed E-state index contributed by atoms with van der Waals surface area (Å²) in [5.74, 6) is 2.76. The predicted molar refractivity (Wildman–Crippen MR) is 101 cm³/mol. The van der Waals surface area contributed by atoms with Crippen LogP contribution in [0, 0.1) is 23.2 Å². The summed E-state index contributed by atoms with van der Waals surface area (Å²) in [7, 11) is 0. The zero-order chi connectivity index (χ0) is 17.4. The number of carbonyl (C=O) groups is 1. The standard InChI is InChI=1S/C20H31N3OS/c1-3-23(4-2)12-17-13-25-18(22-17)11-21-19(24)20-8-14-5-15(9-20)7-16(6-14)10-20/h13-16H,3-12H2,1-2H3,(H,21,24). The van der Waals surface area contributed by atoms with Gasteiger partial charge in [0.1, 0.15) is 5.01 Å². The van der Waals surface area contributed by atoms with Gasteiger partial charge in [-0.05, 0) is 69.4 Å². The van der Waals surface area contributed by atoms with Crippen molar-refractivity contribution < 1.29 is 4.79 Å². The number of hydrogen-bond donors (Lipinski definition) is 1. The highest BCUT2D eigenvalue weighted by atomic mass is 32.1. The number of amides is 1. The van der Waals surface area contributed by atoms with E-state index in [1.165, 1.54) is 19.3 Å². The molecule has 5 heteroatoms. The SMILES string of the molecule is CCN(CC)Cc1csc(CNC(=O)C23CC4CC(CC(C4)C2)C3)n1. The summed E-state index contributed by atoms with van der Waals surface area (Å²) in [6.07, 6.45) is 7.55. The molecule has 4 aliphatic rings. The first-order chi connectivity index (χ1) is 12.1. The third-order valence-electron chi connectivity index (χ3n) is 6.80. The number of nitrogens with one attached hydrogen (secondary N) is 1. The summed E-state index contributed by atoms with van der Waals surface area (Å²) in [4.78, 5) is 20.1. The summed E-state index contributed by atoms with van der Waals surface area (Å²) in [6.45, 7) is 7.97. The van der Waals surface area contributed by atoms with E-state index in [1.807, 2.05) is 0 Å². The zero-order valence-electron chi connectivity index (χ0n) is 15.6. The van der Waals surface area contributed by atoms with Crippen LogP contribution in [0.3, 0.4) is 0 Å². The molecule has 0 saturated heterocycles. The van der Waals surface area contributed by atoms with E-state index in [2.05, 4.69) is 29.4 Å². The maximum Gasteiger partial charge on any atom is 0.226 e. The molecular formula is C20H31N3OS. The number of nitrogens with zero attached hydrogens (tertiary/aromatic N) is 2. The zero-order valence-corrected chi connectivity index (χ0v) is 16.4. The molecule has 0 unspecified atom stereocenters. The normalized spacial score (nSPS) is 33.2. The average Bonchev–Trinajstić information content (AvgIpc) is 3.03. The van der Waals surface area contributed by atoms with Crippen LogP contribution in [-0.4, -0.2) is 28.9 Å². The minimum absolute atomic E-state index is 0.0456. The van der Waals surface area contributed by atoms with Crippen LogP contribution in [0.5, 0.6) is 0 Å². The fourth-order valence-corrected chi connectivity index (χ4v) is 6.64. The number of hydrogen-bond acceptors (Lipinski definition) is 4. The van der Waals surface area contributed by atoms with Gasteiger partial charge in [0.25, 0.3) is 0 Å². The van der Waals surface area contributed by atoms with E-state index in [0.29, 0.717) is 12.5 Å². The fourth-order valence-electron chi connectivity index (χ4n) is 5.91. The molecule has 1 N–H and O–H groups in total. The monoisotopic (exact) mass is 361 g/mol. The van der Waals surface area contributed by atoms with Gasteiger partial charge in [0.2, 0.25) is 5.91 Å². The summed E-state index contributed by atoms with van der Waals surface area (Å²) in [6, 6.07) is 0. The molecule has 0 spiro atoms. The molecule has 4 nitrogen and oxygen atoms in total. The van der Waals surface area contributed by atoms with E-state index in [-0.39, 0.29) is 5.41 Å². The molecule has 0 aromatic carbocycles. The van der Waals surface area contributed by atoms with E-state index in [9.17, 15) is 4.79 Å². The number of rotatable bonds is 7. The lowest BCUT2D eigenvalue weighted by Gasteiger charge is -2.55. The smallest absolute Gasteiger partial charge is 0.226 e. The minimum Gasteiger partial charge on any atom is -0.349 e. The second kappa shape index (κ2) is 6.99. The van der Waals surface area contributed by atoms with Crippen molar-refractivity contribution in [2.24, 2.45) is 23.2 Å². The van der Waals surface area contributed by atoms with Crippen molar-refractivity contribution in [1.82, 2.24) is 15.2 Å². The first-order valence-corrected chi connectivity index (χ1v) is 10.9. The largest absolute Gasteiger partial charge is 0.349 e. The van der Waals surface area contributed by atoms with Gasteiger partial charge in [-0.15, -0.1) is 11.3 Å². The van der Waals surface area contributed by atoms with Crippen molar-refractivity contribution in [1.29, 1.82) is 0 Å². The second-order valence-electron chi connectivity index (χ2n) is 8.57. The van der Waals surface area contributed by atoms with Crippen molar-refractivity contribution in [3.63, 3.8) is 0 Å². The van der Waals surface area contributed by atoms with Crippen LogP contribution < -0.4 is 5.32 Å². The molecule has 4 bridgehead atoms. The Hall–Kier alpha value is -0.940. The molecule has 0 aliphatic heterocycles. The molecule has 1 aromatic rings. The molecule has 138 valence electrons. The molecule has 0 atom stereocenters. The third kappa shape index (κ3) is 3.50. The van der Waals surface area contributed by atoms with Crippen LogP contribution in [0.25, 0.3) is 0 Å². The number of aromatic nitrogens is 1. The molecule has 4 aliphatic carbocycles. The lowest BCUT2D eigenvalue weighted by atomic mass is 9.49. The van der Waals surface area contributed by atoms with Gasteiger partial charge >= 0.3 is 0 Å². The van der Waals surface area contributed by atoms with Crippen molar-refractivity contribution in [3.05, 3.63) is 16.1 Å². The van der Waals surface area contributed by atoms with Crippen molar-refractivity contribution in [3.8, 4) is 0 Å². The van der Waals surface area contributed by atoms with Gasteiger partial charge in [0.15, 0.2) is 0 Å². The van der Waals surface area contributed by atoms with Crippen molar-refractivity contribution >= 4 is 17.2 Å². The highest BCUT2D eigenvalue weighted by Gasteiger charge is 2.54. The van der Waals surface area contributed by atoms with Gasteiger partial charge in [-0.3, -0.25) is 9.69 Å². The highest BCUT2D eigenvalue weighted by molar-refractivity contribution is 7.09. The quantitative estimate of drug-likeness (QED) is 0.803. The maximum absolute atomic E-state index is 13.0. The van der Waals surface area contributed by atoms with Crippen molar-refractivity contribution in [2.45, 2.75) is 65.5 Å². The Morgan fingerprint density at radius 3 is 2.36 bits per heavy atom. The van der Waals surface area contributed by atoms with E-state index < -0.39 is 0 Å². The van der Waals surface area contributed by atoms with E-state index >= 15 is 0 Å². The average molecular weight is 362 g/mol. The summed E-state index contributed by atoms with van der Waals surface area (Å²) >= 11 is 1.68. The van der Waals surface area contributed by atoms with E-state index in [0.717, 1.165) is 67.4 Å². The van der Waals surface area contributed by atoms with Crippen LogP contribution in [0.2, 0.25) is 0 Å². The van der Waals surface area contributed by atoms with Gasteiger partial charge in [-0.2, -0.15) is 0 Å². The molecule has 1 amide bonds. The van der Waals surface area contributed by atoms with Gasteiger partial charge in [0.05, 0.1) is 12.2 Å². The Morgan fingerprint density at radius 1 is 1.20 bits per heavy atom. The summed E-state index contributed by atoms with van der Waals surface area (Å²) in [5, 5.41) is 6.43. The van der Waals surface area contributed by atoms with Gasteiger partial charge in [-0.25, -0.2) is 4.98 Å². The molecule has 1 aromatic heterocycles.